The summed E-state index contributed by atoms with van der Waals surface area (Å²) >= 11 is 0. The number of unbranched alkanes of at least 4 members (excludes halogenated alkanes) is 1. The van der Waals surface area contributed by atoms with Crippen LogP contribution in [-0.2, 0) is 9.59 Å². The normalized spacial score (nSPS) is 17.3. The Morgan fingerprint density at radius 3 is 2.50 bits per heavy atom. The number of hydroxylamine groups is 2. The molecule has 0 aromatic carbocycles. The third-order valence-corrected chi connectivity index (χ3v) is 4.10. The zero-order chi connectivity index (χ0) is 16.4. The molecule has 0 bridgehead atoms. The minimum absolute atomic E-state index is 0.0242. The molecule has 2 N–H and O–H groups in total. The SMILES string of the molecule is CCCC[C@H](CN(O)C=O)C(=O)N1CCN(CCCO)CC1. The van der Waals surface area contributed by atoms with E-state index in [-0.39, 0.29) is 25.0 Å². The molecule has 1 rings (SSSR count). The van der Waals surface area contributed by atoms with Gasteiger partial charge >= 0.3 is 0 Å². The Kier molecular flexibility index (Phi) is 9.03. The maximum Gasteiger partial charge on any atom is 0.233 e. The van der Waals surface area contributed by atoms with E-state index < -0.39 is 0 Å². The molecule has 1 atom stereocenters. The van der Waals surface area contributed by atoms with Gasteiger partial charge in [0.05, 0.1) is 12.5 Å². The van der Waals surface area contributed by atoms with E-state index in [1.54, 1.807) is 0 Å². The van der Waals surface area contributed by atoms with Crippen LogP contribution in [0.25, 0.3) is 0 Å². The number of nitrogens with zero attached hydrogens (tertiary/aromatic N) is 3. The molecule has 0 saturated carbocycles. The minimum atomic E-state index is -0.334. The highest BCUT2D eigenvalue weighted by molar-refractivity contribution is 5.79. The third-order valence-electron chi connectivity index (χ3n) is 4.10. The average Bonchev–Trinajstić information content (AvgIpc) is 2.56. The molecule has 1 saturated heterocycles. The van der Waals surface area contributed by atoms with Gasteiger partial charge in [0.25, 0.3) is 0 Å². The zero-order valence-corrected chi connectivity index (χ0v) is 13.5. The van der Waals surface area contributed by atoms with Crippen LogP contribution in [0.5, 0.6) is 0 Å². The lowest BCUT2D eigenvalue weighted by molar-refractivity contribution is -0.157. The Morgan fingerprint density at radius 1 is 1.27 bits per heavy atom. The number of amides is 2. The first kappa shape index (κ1) is 18.9. The highest BCUT2D eigenvalue weighted by Crippen LogP contribution is 2.15. The molecule has 1 aliphatic heterocycles. The monoisotopic (exact) mass is 315 g/mol. The molecule has 0 aliphatic carbocycles. The maximum atomic E-state index is 12.6. The lowest BCUT2D eigenvalue weighted by atomic mass is 10.00. The molecule has 7 heteroatoms. The second-order valence-corrected chi connectivity index (χ2v) is 5.81. The van der Waals surface area contributed by atoms with Crippen molar-refractivity contribution in [2.24, 2.45) is 5.92 Å². The van der Waals surface area contributed by atoms with Crippen molar-refractivity contribution in [1.82, 2.24) is 14.9 Å². The van der Waals surface area contributed by atoms with Gasteiger partial charge in [0.1, 0.15) is 0 Å². The van der Waals surface area contributed by atoms with Crippen LogP contribution in [0.4, 0.5) is 0 Å². The van der Waals surface area contributed by atoms with Crippen LogP contribution in [0.1, 0.15) is 32.6 Å². The van der Waals surface area contributed by atoms with Crippen molar-refractivity contribution in [3.63, 3.8) is 0 Å². The number of aliphatic hydroxyl groups is 1. The summed E-state index contributed by atoms with van der Waals surface area (Å²) in [5.74, 6) is -0.310. The molecule has 1 aliphatic rings. The van der Waals surface area contributed by atoms with Gasteiger partial charge in [-0.3, -0.25) is 19.7 Å². The number of aliphatic hydroxyl groups excluding tert-OH is 1. The van der Waals surface area contributed by atoms with E-state index in [9.17, 15) is 14.8 Å². The molecule has 1 heterocycles. The fraction of sp³-hybridized carbons (Fsp3) is 0.867. The van der Waals surface area contributed by atoms with Crippen LogP contribution in [0.2, 0.25) is 0 Å². The minimum Gasteiger partial charge on any atom is -0.396 e. The van der Waals surface area contributed by atoms with Gasteiger partial charge in [0, 0.05) is 39.3 Å². The number of rotatable bonds is 10. The number of carbonyl (C=O) groups excluding carboxylic acids is 2. The lowest BCUT2D eigenvalue weighted by Crippen LogP contribution is -2.51. The number of hydrogen-bond acceptors (Lipinski definition) is 5. The highest BCUT2D eigenvalue weighted by atomic mass is 16.5. The van der Waals surface area contributed by atoms with E-state index >= 15 is 0 Å². The summed E-state index contributed by atoms with van der Waals surface area (Å²) in [5.41, 5.74) is 0. The fourth-order valence-electron chi connectivity index (χ4n) is 2.76. The van der Waals surface area contributed by atoms with Gasteiger partial charge in [-0.15, -0.1) is 0 Å². The molecule has 128 valence electrons. The number of hydrogen-bond donors (Lipinski definition) is 2. The Labute approximate surface area is 132 Å². The summed E-state index contributed by atoms with van der Waals surface area (Å²) in [6, 6.07) is 0. The van der Waals surface area contributed by atoms with Crippen LogP contribution < -0.4 is 0 Å². The molecule has 7 nitrogen and oxygen atoms in total. The van der Waals surface area contributed by atoms with Crippen LogP contribution >= 0.6 is 0 Å². The summed E-state index contributed by atoms with van der Waals surface area (Å²) in [6.07, 6.45) is 3.67. The predicted molar refractivity (Wildman–Crippen MR) is 82.3 cm³/mol. The summed E-state index contributed by atoms with van der Waals surface area (Å²) in [6.45, 7) is 6.11. The van der Waals surface area contributed by atoms with Gasteiger partial charge in [-0.2, -0.15) is 0 Å². The molecule has 1 fully saturated rings. The molecule has 0 spiro atoms. The molecular weight excluding hydrogens is 286 g/mol. The van der Waals surface area contributed by atoms with Crippen molar-refractivity contribution in [2.45, 2.75) is 32.6 Å². The van der Waals surface area contributed by atoms with Gasteiger partial charge in [-0.05, 0) is 12.8 Å². The average molecular weight is 315 g/mol. The third kappa shape index (κ3) is 6.29. The summed E-state index contributed by atoms with van der Waals surface area (Å²) < 4.78 is 0. The fourth-order valence-corrected chi connectivity index (χ4v) is 2.76. The quantitative estimate of drug-likeness (QED) is 0.341. The standard InChI is InChI=1S/C15H29N3O4/c1-2-3-5-14(12-18(22)13-20)15(21)17-9-7-16(8-10-17)6-4-11-19/h13-14,19,22H,2-12H2,1H3/t14-/m1/s1. The molecule has 0 unspecified atom stereocenters. The van der Waals surface area contributed by atoms with E-state index in [2.05, 4.69) is 11.8 Å². The Balaban J connectivity index is 2.49. The molecule has 0 aromatic heterocycles. The van der Waals surface area contributed by atoms with Gasteiger partial charge in [0.2, 0.25) is 12.3 Å². The molecule has 0 aromatic rings. The topological polar surface area (TPSA) is 84.3 Å². The summed E-state index contributed by atoms with van der Waals surface area (Å²) in [7, 11) is 0. The maximum absolute atomic E-state index is 12.6. The van der Waals surface area contributed by atoms with E-state index in [4.69, 9.17) is 5.11 Å². The van der Waals surface area contributed by atoms with Gasteiger partial charge < -0.3 is 10.0 Å². The Hall–Kier alpha value is -1.18. The van der Waals surface area contributed by atoms with Crippen LogP contribution in [0.15, 0.2) is 0 Å². The molecule has 0 radical (unpaired) electrons. The van der Waals surface area contributed by atoms with E-state index in [0.717, 1.165) is 38.9 Å². The van der Waals surface area contributed by atoms with Crippen molar-refractivity contribution in [2.75, 3.05) is 45.9 Å². The first-order valence-corrected chi connectivity index (χ1v) is 8.15. The smallest absolute Gasteiger partial charge is 0.233 e. The van der Waals surface area contributed by atoms with Crippen molar-refractivity contribution in [3.8, 4) is 0 Å². The second-order valence-electron chi connectivity index (χ2n) is 5.81. The van der Waals surface area contributed by atoms with Gasteiger partial charge in [0.15, 0.2) is 0 Å². The second kappa shape index (κ2) is 10.5. The predicted octanol–water partition coefficient (Wildman–Crippen LogP) is 0.167. The van der Waals surface area contributed by atoms with Crippen molar-refractivity contribution in [1.29, 1.82) is 0 Å². The molecular formula is C15H29N3O4. The van der Waals surface area contributed by atoms with Crippen molar-refractivity contribution < 1.29 is 19.9 Å². The molecule has 22 heavy (non-hydrogen) atoms. The number of piperazine rings is 1. The zero-order valence-electron chi connectivity index (χ0n) is 13.5. The van der Waals surface area contributed by atoms with E-state index in [1.165, 1.54) is 0 Å². The van der Waals surface area contributed by atoms with Crippen molar-refractivity contribution >= 4 is 12.3 Å². The van der Waals surface area contributed by atoms with Crippen LogP contribution in [0.3, 0.4) is 0 Å². The molecule has 2 amide bonds. The van der Waals surface area contributed by atoms with Gasteiger partial charge in [-0.25, -0.2) is 5.06 Å². The van der Waals surface area contributed by atoms with E-state index in [1.807, 2.05) is 4.90 Å². The lowest BCUT2D eigenvalue weighted by Gasteiger charge is -2.36. The first-order valence-electron chi connectivity index (χ1n) is 8.15. The number of carbonyl (C=O) groups is 2. The Bertz CT molecular complexity index is 333. The summed E-state index contributed by atoms with van der Waals surface area (Å²) in [5, 5.41) is 18.8. The van der Waals surface area contributed by atoms with E-state index in [0.29, 0.717) is 31.0 Å². The van der Waals surface area contributed by atoms with Gasteiger partial charge in [-0.1, -0.05) is 19.8 Å². The first-order chi connectivity index (χ1) is 10.6. The van der Waals surface area contributed by atoms with Crippen LogP contribution in [0, 0.1) is 5.92 Å². The van der Waals surface area contributed by atoms with Crippen molar-refractivity contribution in [3.05, 3.63) is 0 Å². The Morgan fingerprint density at radius 2 is 1.95 bits per heavy atom. The highest BCUT2D eigenvalue weighted by Gasteiger charge is 2.28. The largest absolute Gasteiger partial charge is 0.396 e. The van der Waals surface area contributed by atoms with Crippen LogP contribution in [-0.4, -0.2) is 83.4 Å². The summed E-state index contributed by atoms with van der Waals surface area (Å²) in [4.78, 5) is 27.2.